The number of anilines is 1. The minimum absolute atomic E-state index is 0.113. The van der Waals surface area contributed by atoms with Crippen molar-refractivity contribution in [2.45, 2.75) is 0 Å². The maximum absolute atomic E-state index is 11.5. The first-order valence-electron chi connectivity index (χ1n) is 4.02. The molecule has 0 radical (unpaired) electrons. The van der Waals surface area contributed by atoms with Crippen LogP contribution in [0.2, 0.25) is 0 Å². The van der Waals surface area contributed by atoms with Gasteiger partial charge in [-0.2, -0.15) is 0 Å². The summed E-state index contributed by atoms with van der Waals surface area (Å²) >= 11 is 3.38. The molecule has 1 N–H and O–H groups in total. The van der Waals surface area contributed by atoms with Crippen LogP contribution in [-0.4, -0.2) is 15.9 Å². The lowest BCUT2D eigenvalue weighted by molar-refractivity contribution is 0.103. The number of carbonyl (C=O) groups excluding carboxylic acids is 1. The summed E-state index contributed by atoms with van der Waals surface area (Å²) in [4.78, 5) is 19.6. The van der Waals surface area contributed by atoms with Crippen LogP contribution in [0.25, 0.3) is 10.9 Å². The van der Waals surface area contributed by atoms with Crippen molar-refractivity contribution in [2.75, 3.05) is 5.32 Å². The summed E-state index contributed by atoms with van der Waals surface area (Å²) < 4.78 is 0.872. The second-order valence-corrected chi connectivity index (χ2v) is 3.85. The number of hydrogen-bond donors (Lipinski definition) is 1. The zero-order chi connectivity index (χ0) is 9.71. The van der Waals surface area contributed by atoms with E-state index in [-0.39, 0.29) is 5.91 Å². The Morgan fingerprint density at radius 3 is 3.00 bits per heavy atom. The summed E-state index contributed by atoms with van der Waals surface area (Å²) in [5, 5.41) is 3.49. The van der Waals surface area contributed by atoms with Crippen molar-refractivity contribution < 1.29 is 4.79 Å². The predicted octanol–water partition coefficient (Wildman–Crippen LogP) is 1.96. The highest BCUT2D eigenvalue weighted by atomic mass is 79.9. The van der Waals surface area contributed by atoms with Crippen LogP contribution < -0.4 is 5.32 Å². The van der Waals surface area contributed by atoms with Crippen LogP contribution in [0.1, 0.15) is 10.4 Å². The van der Waals surface area contributed by atoms with Crippen LogP contribution in [0, 0.1) is 0 Å². The zero-order valence-corrected chi connectivity index (χ0v) is 8.50. The van der Waals surface area contributed by atoms with Crippen molar-refractivity contribution >= 4 is 38.6 Å². The summed E-state index contributed by atoms with van der Waals surface area (Å²) in [5.74, 6) is 0.481. The molecule has 14 heavy (non-hydrogen) atoms. The van der Waals surface area contributed by atoms with Gasteiger partial charge >= 0.3 is 0 Å². The second kappa shape index (κ2) is 2.51. The molecule has 0 bridgehead atoms. The summed E-state index contributed by atoms with van der Waals surface area (Å²) in [6.07, 6.45) is 1.44. The minimum atomic E-state index is -0.113. The Kier molecular flexibility index (Phi) is 1.41. The van der Waals surface area contributed by atoms with Crippen LogP contribution in [0.3, 0.4) is 0 Å². The molecule has 0 saturated carbocycles. The molecule has 0 unspecified atom stereocenters. The first-order valence-corrected chi connectivity index (χ1v) is 4.81. The number of aromatic nitrogens is 2. The van der Waals surface area contributed by atoms with Crippen LogP contribution >= 0.6 is 15.9 Å². The molecule has 1 amide bonds. The van der Waals surface area contributed by atoms with Gasteiger partial charge in [0.15, 0.2) is 0 Å². The van der Waals surface area contributed by atoms with E-state index in [0.29, 0.717) is 11.4 Å². The second-order valence-electron chi connectivity index (χ2n) is 2.99. The van der Waals surface area contributed by atoms with E-state index >= 15 is 0 Å². The lowest BCUT2D eigenvalue weighted by Crippen LogP contribution is -2.04. The fourth-order valence-corrected chi connectivity index (χ4v) is 2.03. The molecule has 4 nitrogen and oxygen atoms in total. The third-order valence-electron chi connectivity index (χ3n) is 2.22. The molecule has 1 aliphatic rings. The number of carbonyl (C=O) groups is 1. The van der Waals surface area contributed by atoms with Crippen LogP contribution in [0.4, 0.5) is 5.82 Å². The molecule has 5 heteroatoms. The van der Waals surface area contributed by atoms with Gasteiger partial charge in [-0.05, 0) is 28.1 Å². The molecule has 0 spiro atoms. The van der Waals surface area contributed by atoms with E-state index < -0.39 is 0 Å². The molecule has 68 valence electrons. The molecule has 0 fully saturated rings. The molecule has 2 aromatic rings. The van der Waals surface area contributed by atoms with Gasteiger partial charge in [0.1, 0.15) is 12.1 Å². The molecule has 0 saturated heterocycles. The Balaban J connectivity index is 2.59. The summed E-state index contributed by atoms with van der Waals surface area (Å²) in [6, 6.07) is 3.58. The standard InChI is InChI=1S/C9H4BrN3O/c10-5-2-1-4-6-7(5)11-3-12-8(6)13-9(4)14/h1-3H,(H,11,12,13,14). The molecular weight excluding hydrogens is 246 g/mol. The Morgan fingerprint density at radius 1 is 1.29 bits per heavy atom. The fourth-order valence-electron chi connectivity index (χ4n) is 1.60. The SMILES string of the molecule is O=C1Nc2ncnc3c(Br)ccc1c23. The highest BCUT2D eigenvalue weighted by Gasteiger charge is 2.23. The lowest BCUT2D eigenvalue weighted by Gasteiger charge is -1.98. The summed E-state index contributed by atoms with van der Waals surface area (Å²) in [6.45, 7) is 0. The Labute approximate surface area is 87.5 Å². The van der Waals surface area contributed by atoms with E-state index in [4.69, 9.17) is 0 Å². The minimum Gasteiger partial charge on any atom is -0.306 e. The van der Waals surface area contributed by atoms with E-state index in [1.807, 2.05) is 6.07 Å². The first-order chi connectivity index (χ1) is 6.77. The third-order valence-corrected chi connectivity index (χ3v) is 2.86. The highest BCUT2D eigenvalue weighted by molar-refractivity contribution is 9.10. The van der Waals surface area contributed by atoms with Crippen molar-refractivity contribution in [3.63, 3.8) is 0 Å². The van der Waals surface area contributed by atoms with Gasteiger partial charge in [0.05, 0.1) is 16.5 Å². The largest absolute Gasteiger partial charge is 0.306 e. The Hall–Kier alpha value is -1.49. The highest BCUT2D eigenvalue weighted by Crippen LogP contribution is 2.33. The number of amides is 1. The molecule has 0 atom stereocenters. The van der Waals surface area contributed by atoms with E-state index in [0.717, 1.165) is 15.4 Å². The van der Waals surface area contributed by atoms with Gasteiger partial charge in [0.25, 0.3) is 5.91 Å². The van der Waals surface area contributed by atoms with Crippen molar-refractivity contribution in [3.8, 4) is 0 Å². The van der Waals surface area contributed by atoms with Crippen LogP contribution in [0.5, 0.6) is 0 Å². The smallest absolute Gasteiger partial charge is 0.257 e. The monoisotopic (exact) mass is 249 g/mol. The Bertz CT molecular complexity index is 567. The van der Waals surface area contributed by atoms with Gasteiger partial charge in [-0.3, -0.25) is 4.79 Å². The average molecular weight is 250 g/mol. The number of rotatable bonds is 0. The first kappa shape index (κ1) is 7.87. The van der Waals surface area contributed by atoms with Gasteiger partial charge < -0.3 is 5.32 Å². The summed E-state index contributed by atoms with van der Waals surface area (Å²) in [5.41, 5.74) is 1.41. The normalized spacial score (nSPS) is 13.4. The van der Waals surface area contributed by atoms with E-state index in [2.05, 4.69) is 31.2 Å². The number of halogens is 1. The van der Waals surface area contributed by atoms with Crippen LogP contribution in [-0.2, 0) is 0 Å². The van der Waals surface area contributed by atoms with E-state index in [1.54, 1.807) is 6.07 Å². The maximum Gasteiger partial charge on any atom is 0.257 e. The Morgan fingerprint density at radius 2 is 2.14 bits per heavy atom. The van der Waals surface area contributed by atoms with Gasteiger partial charge in [-0.25, -0.2) is 9.97 Å². The zero-order valence-electron chi connectivity index (χ0n) is 6.91. The topological polar surface area (TPSA) is 54.9 Å². The quantitative estimate of drug-likeness (QED) is 0.777. The van der Waals surface area contributed by atoms with Crippen molar-refractivity contribution in [1.82, 2.24) is 9.97 Å². The third kappa shape index (κ3) is 0.846. The molecule has 1 aliphatic heterocycles. The number of benzene rings is 1. The van der Waals surface area contributed by atoms with Gasteiger partial charge in [0, 0.05) is 4.47 Å². The number of hydrogen-bond acceptors (Lipinski definition) is 3. The number of nitrogens with zero attached hydrogens (tertiary/aromatic N) is 2. The molecule has 3 rings (SSSR count). The van der Waals surface area contributed by atoms with Crippen molar-refractivity contribution in [1.29, 1.82) is 0 Å². The lowest BCUT2D eigenvalue weighted by atomic mass is 10.1. The van der Waals surface area contributed by atoms with Gasteiger partial charge in [-0.1, -0.05) is 0 Å². The van der Waals surface area contributed by atoms with Crippen molar-refractivity contribution in [2.24, 2.45) is 0 Å². The summed E-state index contributed by atoms with van der Waals surface area (Å²) in [7, 11) is 0. The average Bonchev–Trinajstić information content (AvgIpc) is 2.50. The van der Waals surface area contributed by atoms with E-state index in [9.17, 15) is 4.79 Å². The number of nitrogens with one attached hydrogen (secondary N) is 1. The predicted molar refractivity (Wildman–Crippen MR) is 55.2 cm³/mol. The van der Waals surface area contributed by atoms with Crippen LogP contribution in [0.15, 0.2) is 22.9 Å². The molecule has 1 aromatic carbocycles. The molecule has 1 aromatic heterocycles. The van der Waals surface area contributed by atoms with E-state index in [1.165, 1.54) is 6.33 Å². The molecule has 2 heterocycles. The fraction of sp³-hybridized carbons (Fsp3) is 0. The molecule has 0 aliphatic carbocycles. The molecular formula is C9H4BrN3O. The van der Waals surface area contributed by atoms with Gasteiger partial charge in [0.2, 0.25) is 0 Å². The maximum atomic E-state index is 11.5. The van der Waals surface area contributed by atoms with Crippen molar-refractivity contribution in [3.05, 3.63) is 28.5 Å². The van der Waals surface area contributed by atoms with Gasteiger partial charge in [-0.15, -0.1) is 0 Å².